The number of carbonyl (C=O) groups excluding carboxylic acids is 1. The second kappa shape index (κ2) is 10.1. The normalized spacial score (nSPS) is 18.5. The molecule has 9 heteroatoms. The fourth-order valence-electron chi connectivity index (χ4n) is 4.87. The molecule has 1 fully saturated rings. The number of guanidine groups is 1. The van der Waals surface area contributed by atoms with Crippen molar-refractivity contribution in [2.75, 3.05) is 19.6 Å². The maximum absolute atomic E-state index is 13.2. The molecule has 3 N–H and O–H groups in total. The van der Waals surface area contributed by atoms with E-state index in [0.29, 0.717) is 49.3 Å². The molecule has 0 aliphatic carbocycles. The summed E-state index contributed by atoms with van der Waals surface area (Å²) in [5.74, 6) is 1.53. The second-order valence-electron chi connectivity index (χ2n) is 10.4. The van der Waals surface area contributed by atoms with Crippen LogP contribution in [0.3, 0.4) is 0 Å². The third-order valence-corrected chi connectivity index (χ3v) is 8.64. The molecule has 8 nitrogen and oxygen atoms in total. The molecular weight excluding hydrogens is 452 g/mol. The van der Waals surface area contributed by atoms with Gasteiger partial charge in [0.2, 0.25) is 11.9 Å². The van der Waals surface area contributed by atoms with E-state index in [0.717, 1.165) is 42.8 Å². The number of nitrogens with two attached hydrogens (primary N) is 1. The molecule has 0 bridgehead atoms. The molecule has 0 saturated carbocycles. The van der Waals surface area contributed by atoms with Crippen LogP contribution in [0.2, 0.25) is 0 Å². The number of hydrogen-bond donors (Lipinski definition) is 2. The predicted octanol–water partition coefficient (Wildman–Crippen LogP) is 3.35. The summed E-state index contributed by atoms with van der Waals surface area (Å²) < 4.78 is 34.9. The standard InChI is InChI=1S/C25H40N4O4S/c1-16-10-13-29(14-11-16)21(30)9-7-8-12-27-24(26)28-34(31,32)23-18(3)17(2)22-20(19(23)4)15-25(5,6)33-22/h16H,7-15H2,1-6H3,(H3,26,27,28). The number of sulfonamides is 1. The molecule has 1 aromatic rings. The van der Waals surface area contributed by atoms with Gasteiger partial charge in [-0.2, -0.15) is 0 Å². The zero-order valence-electron chi connectivity index (χ0n) is 21.5. The Morgan fingerprint density at radius 1 is 1.15 bits per heavy atom. The van der Waals surface area contributed by atoms with Crippen molar-refractivity contribution in [3.63, 3.8) is 0 Å². The highest BCUT2D eigenvalue weighted by Crippen LogP contribution is 2.43. The van der Waals surface area contributed by atoms with Gasteiger partial charge in [0, 0.05) is 38.0 Å². The number of nitrogens with zero attached hydrogens (tertiary/aromatic N) is 2. The fourth-order valence-corrected chi connectivity index (χ4v) is 6.40. The molecule has 1 amide bonds. The van der Waals surface area contributed by atoms with E-state index in [2.05, 4.69) is 16.6 Å². The van der Waals surface area contributed by atoms with E-state index in [1.165, 1.54) is 0 Å². The number of amides is 1. The van der Waals surface area contributed by atoms with Gasteiger partial charge in [-0.25, -0.2) is 13.1 Å². The average Bonchev–Trinajstić information content (AvgIpc) is 3.07. The molecule has 2 heterocycles. The molecular formula is C25H40N4O4S. The Morgan fingerprint density at radius 3 is 2.44 bits per heavy atom. The summed E-state index contributed by atoms with van der Waals surface area (Å²) >= 11 is 0. The molecule has 2 aliphatic heterocycles. The van der Waals surface area contributed by atoms with E-state index >= 15 is 0 Å². The third-order valence-electron chi connectivity index (χ3n) is 7.02. The van der Waals surface area contributed by atoms with Gasteiger partial charge < -0.3 is 15.4 Å². The van der Waals surface area contributed by atoms with Gasteiger partial charge in [-0.05, 0) is 82.9 Å². The van der Waals surface area contributed by atoms with Crippen LogP contribution in [0, 0.1) is 26.7 Å². The molecule has 190 valence electrons. The van der Waals surface area contributed by atoms with Crippen molar-refractivity contribution >= 4 is 21.9 Å². The molecule has 0 unspecified atom stereocenters. The quantitative estimate of drug-likeness (QED) is 0.344. The largest absolute Gasteiger partial charge is 0.487 e. The van der Waals surface area contributed by atoms with Crippen LogP contribution < -0.4 is 15.2 Å². The minimum Gasteiger partial charge on any atom is -0.487 e. The van der Waals surface area contributed by atoms with Crippen LogP contribution in [0.25, 0.3) is 0 Å². The van der Waals surface area contributed by atoms with Crippen LogP contribution in [0.5, 0.6) is 5.75 Å². The van der Waals surface area contributed by atoms with Crippen LogP contribution in [-0.4, -0.2) is 50.4 Å². The van der Waals surface area contributed by atoms with Gasteiger partial charge in [-0.15, -0.1) is 0 Å². The Bertz CT molecular complexity index is 1070. The van der Waals surface area contributed by atoms with E-state index in [1.807, 2.05) is 32.6 Å². The predicted molar refractivity (Wildman–Crippen MR) is 135 cm³/mol. The number of unbranched alkanes of at least 4 members (excludes halogenated alkanes) is 1. The minimum atomic E-state index is -3.90. The molecule has 34 heavy (non-hydrogen) atoms. The lowest BCUT2D eigenvalue weighted by molar-refractivity contribution is -0.132. The maximum Gasteiger partial charge on any atom is 0.264 e. The van der Waals surface area contributed by atoms with E-state index < -0.39 is 10.0 Å². The number of aliphatic imine (C=N–C) groups is 1. The topological polar surface area (TPSA) is 114 Å². The number of carbonyl (C=O) groups is 1. The minimum absolute atomic E-state index is 0.134. The number of piperidine rings is 1. The number of ether oxygens (including phenoxy) is 1. The first-order valence-corrected chi connectivity index (χ1v) is 13.7. The second-order valence-corrected chi connectivity index (χ2v) is 12.1. The smallest absolute Gasteiger partial charge is 0.264 e. The van der Waals surface area contributed by atoms with Crippen molar-refractivity contribution in [3.05, 3.63) is 22.3 Å². The number of likely N-dealkylation sites (tertiary alicyclic amines) is 1. The van der Waals surface area contributed by atoms with Crippen LogP contribution in [0.15, 0.2) is 9.89 Å². The van der Waals surface area contributed by atoms with Crippen molar-refractivity contribution in [1.82, 2.24) is 9.62 Å². The van der Waals surface area contributed by atoms with Crippen LogP contribution in [-0.2, 0) is 21.2 Å². The highest BCUT2D eigenvalue weighted by Gasteiger charge is 2.36. The first-order chi connectivity index (χ1) is 15.8. The van der Waals surface area contributed by atoms with Gasteiger partial charge in [-0.3, -0.25) is 9.79 Å². The van der Waals surface area contributed by atoms with E-state index in [-0.39, 0.29) is 22.4 Å². The van der Waals surface area contributed by atoms with Gasteiger partial charge in [0.15, 0.2) is 0 Å². The molecule has 3 rings (SSSR count). The van der Waals surface area contributed by atoms with Gasteiger partial charge >= 0.3 is 0 Å². The van der Waals surface area contributed by atoms with Gasteiger partial charge in [0.1, 0.15) is 11.4 Å². The number of benzene rings is 1. The summed E-state index contributed by atoms with van der Waals surface area (Å²) in [6, 6.07) is 0. The summed E-state index contributed by atoms with van der Waals surface area (Å²) in [6.07, 6.45) is 4.64. The SMILES string of the molecule is Cc1c(C)c(S(=O)(=O)NC(N)=NCCCCC(=O)N2CCC(C)CC2)c(C)c2c1OC(C)(C)C2. The Morgan fingerprint density at radius 2 is 1.79 bits per heavy atom. The average molecular weight is 493 g/mol. The first kappa shape index (κ1) is 26.3. The maximum atomic E-state index is 13.2. The molecule has 0 atom stereocenters. The highest BCUT2D eigenvalue weighted by atomic mass is 32.2. The monoisotopic (exact) mass is 492 g/mol. The highest BCUT2D eigenvalue weighted by molar-refractivity contribution is 7.90. The van der Waals surface area contributed by atoms with Gasteiger partial charge in [0.05, 0.1) is 4.90 Å². The summed E-state index contributed by atoms with van der Waals surface area (Å²) in [5.41, 5.74) is 8.65. The van der Waals surface area contributed by atoms with Crippen molar-refractivity contribution in [2.24, 2.45) is 16.6 Å². The van der Waals surface area contributed by atoms with Gasteiger partial charge in [-0.1, -0.05) is 6.92 Å². The summed E-state index contributed by atoms with van der Waals surface area (Å²) in [5, 5.41) is 0. The van der Waals surface area contributed by atoms with Crippen LogP contribution in [0.4, 0.5) is 0 Å². The molecule has 1 saturated heterocycles. The molecule has 0 aromatic heterocycles. The van der Waals surface area contributed by atoms with Crippen molar-refractivity contribution in [3.8, 4) is 5.75 Å². The van der Waals surface area contributed by atoms with Crippen LogP contribution >= 0.6 is 0 Å². The van der Waals surface area contributed by atoms with Gasteiger partial charge in [0.25, 0.3) is 10.0 Å². The number of rotatable bonds is 7. The summed E-state index contributed by atoms with van der Waals surface area (Å²) in [6.45, 7) is 13.8. The number of fused-ring (bicyclic) bond motifs is 1. The van der Waals surface area contributed by atoms with Crippen molar-refractivity contribution < 1.29 is 17.9 Å². The van der Waals surface area contributed by atoms with E-state index in [1.54, 1.807) is 6.92 Å². The lowest BCUT2D eigenvalue weighted by Gasteiger charge is -2.30. The first-order valence-electron chi connectivity index (χ1n) is 12.2. The number of nitrogens with one attached hydrogen (secondary N) is 1. The summed E-state index contributed by atoms with van der Waals surface area (Å²) in [4.78, 5) is 18.7. The summed E-state index contributed by atoms with van der Waals surface area (Å²) in [7, 11) is -3.90. The zero-order valence-corrected chi connectivity index (χ0v) is 22.3. The molecule has 1 aromatic carbocycles. The molecule has 0 radical (unpaired) electrons. The number of hydrogen-bond acceptors (Lipinski definition) is 5. The zero-order chi connectivity index (χ0) is 25.3. The Labute approximate surface area is 204 Å². The molecule has 2 aliphatic rings. The Kier molecular flexibility index (Phi) is 7.85. The third kappa shape index (κ3) is 5.85. The Hall–Kier alpha value is -2.29. The lowest BCUT2D eigenvalue weighted by atomic mass is 9.94. The Balaban J connectivity index is 1.58. The van der Waals surface area contributed by atoms with E-state index in [4.69, 9.17) is 10.5 Å². The fraction of sp³-hybridized carbons (Fsp3) is 0.680. The lowest BCUT2D eigenvalue weighted by Crippen LogP contribution is -2.38. The van der Waals surface area contributed by atoms with Crippen molar-refractivity contribution in [1.29, 1.82) is 0 Å². The molecule has 0 spiro atoms. The van der Waals surface area contributed by atoms with Crippen LogP contribution in [0.1, 0.15) is 75.1 Å². The van der Waals surface area contributed by atoms with E-state index in [9.17, 15) is 13.2 Å². The van der Waals surface area contributed by atoms with Crippen molar-refractivity contribution in [2.45, 2.75) is 90.6 Å².